The molecule has 212 valence electrons. The largest absolute Gasteiger partial charge is 0.456 e. The summed E-state index contributed by atoms with van der Waals surface area (Å²) in [4.78, 5) is 0. The molecule has 0 aliphatic carbocycles. The molecule has 1 nitrogen and oxygen atoms in total. The molecule has 43 heavy (non-hydrogen) atoms. The van der Waals surface area contributed by atoms with Gasteiger partial charge in [0.25, 0.3) is 0 Å². The highest BCUT2D eigenvalue weighted by molar-refractivity contribution is 6.06. The van der Waals surface area contributed by atoms with E-state index in [1.165, 1.54) is 0 Å². The van der Waals surface area contributed by atoms with Crippen molar-refractivity contribution in [2.24, 2.45) is 0 Å². The van der Waals surface area contributed by atoms with Crippen LogP contribution in [-0.4, -0.2) is 0 Å². The van der Waals surface area contributed by atoms with Crippen LogP contribution in [0, 0.1) is 0 Å². The van der Waals surface area contributed by atoms with Crippen molar-refractivity contribution < 1.29 is 30.8 Å². The molecular weight excluding hydrogens is 562 g/mol. The second kappa shape index (κ2) is 9.76. The molecular formula is C36H20F6O. The van der Waals surface area contributed by atoms with Gasteiger partial charge in [0.2, 0.25) is 0 Å². The number of furan rings is 1. The Kier molecular flexibility index (Phi) is 6.09. The van der Waals surface area contributed by atoms with Crippen LogP contribution in [0.3, 0.4) is 0 Å². The van der Waals surface area contributed by atoms with Crippen LogP contribution in [0.2, 0.25) is 0 Å². The smallest absolute Gasteiger partial charge is 0.416 e. The van der Waals surface area contributed by atoms with E-state index in [4.69, 9.17) is 4.42 Å². The third-order valence-corrected chi connectivity index (χ3v) is 7.69. The highest BCUT2D eigenvalue weighted by atomic mass is 19.4. The van der Waals surface area contributed by atoms with Gasteiger partial charge in [-0.3, -0.25) is 0 Å². The van der Waals surface area contributed by atoms with Crippen LogP contribution < -0.4 is 0 Å². The number of hydrogen-bond acceptors (Lipinski definition) is 1. The molecule has 0 spiro atoms. The van der Waals surface area contributed by atoms with Crippen molar-refractivity contribution in [1.82, 2.24) is 0 Å². The summed E-state index contributed by atoms with van der Waals surface area (Å²) >= 11 is 0. The fourth-order valence-electron chi connectivity index (χ4n) is 5.49. The maximum atomic E-state index is 13.4. The topological polar surface area (TPSA) is 13.1 Å². The van der Waals surface area contributed by atoms with E-state index in [0.717, 1.165) is 61.7 Å². The van der Waals surface area contributed by atoms with Crippen LogP contribution >= 0.6 is 0 Å². The number of rotatable bonds is 3. The molecule has 1 aromatic heterocycles. The summed E-state index contributed by atoms with van der Waals surface area (Å²) in [6.45, 7) is 0. The molecule has 0 aliphatic heterocycles. The number of alkyl halides is 6. The van der Waals surface area contributed by atoms with Crippen molar-refractivity contribution in [3.8, 4) is 33.4 Å². The molecule has 0 radical (unpaired) electrons. The maximum absolute atomic E-state index is 13.4. The maximum Gasteiger partial charge on any atom is 0.416 e. The lowest BCUT2D eigenvalue weighted by Gasteiger charge is -2.15. The first kappa shape index (κ1) is 26.8. The lowest BCUT2D eigenvalue weighted by Crippen LogP contribution is -2.11. The summed E-state index contributed by atoms with van der Waals surface area (Å²) in [6.07, 6.45) is -9.81. The number of fused-ring (bicyclic) bond motifs is 4. The van der Waals surface area contributed by atoms with Gasteiger partial charge in [-0.25, -0.2) is 0 Å². The first-order valence-corrected chi connectivity index (χ1v) is 13.4. The first-order valence-electron chi connectivity index (χ1n) is 13.4. The van der Waals surface area contributed by atoms with Crippen molar-refractivity contribution >= 4 is 32.7 Å². The van der Waals surface area contributed by atoms with Gasteiger partial charge < -0.3 is 4.42 Å². The summed E-state index contributed by atoms with van der Waals surface area (Å²) in [5, 5.41) is 3.62. The minimum atomic E-state index is -4.91. The molecule has 0 atom stereocenters. The van der Waals surface area contributed by atoms with Crippen molar-refractivity contribution in [3.63, 3.8) is 0 Å². The third-order valence-electron chi connectivity index (χ3n) is 7.69. The lowest BCUT2D eigenvalue weighted by atomic mass is 9.95. The van der Waals surface area contributed by atoms with Gasteiger partial charge in [0.1, 0.15) is 11.2 Å². The van der Waals surface area contributed by atoms with Gasteiger partial charge in [0.05, 0.1) is 11.1 Å². The van der Waals surface area contributed by atoms with Crippen LogP contribution in [0.5, 0.6) is 0 Å². The highest BCUT2D eigenvalue weighted by Crippen LogP contribution is 2.40. The van der Waals surface area contributed by atoms with Crippen molar-refractivity contribution in [1.29, 1.82) is 0 Å². The first-order chi connectivity index (χ1) is 20.5. The van der Waals surface area contributed by atoms with E-state index in [1.807, 2.05) is 78.9 Å². The molecule has 0 unspecified atom stereocenters. The van der Waals surface area contributed by atoms with E-state index >= 15 is 0 Å². The Morgan fingerprint density at radius 1 is 0.372 bits per heavy atom. The molecule has 7 rings (SSSR count). The lowest BCUT2D eigenvalue weighted by molar-refractivity contribution is -0.143. The fourth-order valence-corrected chi connectivity index (χ4v) is 5.49. The van der Waals surface area contributed by atoms with E-state index in [-0.39, 0.29) is 17.2 Å². The van der Waals surface area contributed by atoms with Crippen LogP contribution in [-0.2, 0) is 12.4 Å². The molecule has 0 N–H and O–H groups in total. The Morgan fingerprint density at radius 3 is 1.42 bits per heavy atom. The molecule has 0 aliphatic rings. The SMILES string of the molecule is FC(F)(F)c1cc(-c2ccc3cc(-c4ccc(-c5ccc6oc7ccccc7c6c5)cc4)ccc3c2)cc(C(F)(F)F)c1. The summed E-state index contributed by atoms with van der Waals surface area (Å²) < 4.78 is 86.1. The van der Waals surface area contributed by atoms with E-state index in [9.17, 15) is 26.3 Å². The highest BCUT2D eigenvalue weighted by Gasteiger charge is 2.37. The van der Waals surface area contributed by atoms with Crippen LogP contribution in [0.4, 0.5) is 26.3 Å². The van der Waals surface area contributed by atoms with E-state index in [2.05, 4.69) is 6.07 Å². The molecule has 0 saturated heterocycles. The fraction of sp³-hybridized carbons (Fsp3) is 0.0556. The van der Waals surface area contributed by atoms with Crippen LogP contribution in [0.25, 0.3) is 66.1 Å². The predicted molar refractivity (Wildman–Crippen MR) is 158 cm³/mol. The van der Waals surface area contributed by atoms with Gasteiger partial charge >= 0.3 is 12.4 Å². The second-order valence-electron chi connectivity index (χ2n) is 10.5. The molecule has 0 saturated carbocycles. The van der Waals surface area contributed by atoms with Crippen LogP contribution in [0.15, 0.2) is 126 Å². The average Bonchev–Trinajstić information content (AvgIpc) is 3.37. The Morgan fingerprint density at radius 2 is 0.837 bits per heavy atom. The molecule has 0 amide bonds. The second-order valence-corrected chi connectivity index (χ2v) is 10.5. The number of hydrogen-bond donors (Lipinski definition) is 0. The number of halogens is 6. The third kappa shape index (κ3) is 5.01. The summed E-state index contributed by atoms with van der Waals surface area (Å²) in [7, 11) is 0. The summed E-state index contributed by atoms with van der Waals surface area (Å²) in [5.74, 6) is 0. The molecule has 1 heterocycles. The Labute approximate surface area is 241 Å². The standard InChI is InChI=1S/C36H20F6O/c37-35(38,39)29-17-28(18-30(20-29)36(40,41)42)26-12-11-24-15-23(9-10-25(24)16-26)21-5-7-22(8-6-21)27-13-14-34-32(19-27)31-3-1-2-4-33(31)43-34/h1-20H. The predicted octanol–water partition coefficient (Wildman–Crippen LogP) is 11.8. The zero-order chi connectivity index (χ0) is 29.9. The zero-order valence-electron chi connectivity index (χ0n) is 22.2. The molecule has 0 fully saturated rings. The number of benzene rings is 6. The van der Waals surface area contributed by atoms with E-state index in [1.54, 1.807) is 18.2 Å². The zero-order valence-corrected chi connectivity index (χ0v) is 22.2. The molecule has 7 aromatic rings. The molecule has 6 aromatic carbocycles. The Hall–Kier alpha value is -5.04. The Balaban J connectivity index is 1.20. The normalized spacial score (nSPS) is 12.4. The number of para-hydroxylation sites is 1. The molecule has 0 bridgehead atoms. The van der Waals surface area contributed by atoms with Gasteiger partial charge in [0.15, 0.2) is 0 Å². The van der Waals surface area contributed by atoms with Crippen LogP contribution in [0.1, 0.15) is 11.1 Å². The van der Waals surface area contributed by atoms with E-state index in [0.29, 0.717) is 5.39 Å². The van der Waals surface area contributed by atoms with Gasteiger partial charge in [-0.1, -0.05) is 72.8 Å². The summed E-state index contributed by atoms with van der Waals surface area (Å²) in [6, 6.07) is 34.3. The summed E-state index contributed by atoms with van der Waals surface area (Å²) in [5.41, 5.74) is 3.11. The van der Waals surface area contributed by atoms with Gasteiger partial charge in [-0.2, -0.15) is 26.3 Å². The minimum Gasteiger partial charge on any atom is -0.456 e. The van der Waals surface area contributed by atoms with Gasteiger partial charge in [-0.15, -0.1) is 0 Å². The monoisotopic (exact) mass is 582 g/mol. The van der Waals surface area contributed by atoms with Gasteiger partial charge in [-0.05, 0) is 92.7 Å². The van der Waals surface area contributed by atoms with Crippen molar-refractivity contribution in [2.45, 2.75) is 12.4 Å². The van der Waals surface area contributed by atoms with Crippen molar-refractivity contribution in [3.05, 3.63) is 132 Å². The Bertz CT molecular complexity index is 2120. The minimum absolute atomic E-state index is 0.139. The quantitative estimate of drug-likeness (QED) is 0.189. The van der Waals surface area contributed by atoms with Crippen molar-refractivity contribution in [2.75, 3.05) is 0 Å². The molecule has 7 heteroatoms. The average molecular weight is 583 g/mol. The van der Waals surface area contributed by atoms with Gasteiger partial charge in [0, 0.05) is 10.8 Å². The van der Waals surface area contributed by atoms with E-state index < -0.39 is 23.5 Å².